The first-order chi connectivity index (χ1) is 17.0. The number of carbonyl (C=O) groups is 2. The van der Waals surface area contributed by atoms with Gasteiger partial charge in [-0.3, -0.25) is 9.69 Å². The van der Waals surface area contributed by atoms with E-state index in [9.17, 15) is 9.59 Å². The lowest BCUT2D eigenvalue weighted by atomic mass is 10.2. The average Bonchev–Trinajstić information content (AvgIpc) is 3.38. The number of benzene rings is 3. The lowest BCUT2D eigenvalue weighted by molar-refractivity contribution is -0.134. The molecule has 3 aromatic rings. The molecule has 8 heteroatoms. The number of hydrogen-bond donors (Lipinski definition) is 0. The maximum atomic E-state index is 13.9. The quantitative estimate of drug-likeness (QED) is 0.323. The molecule has 1 saturated heterocycles. The van der Waals surface area contributed by atoms with Crippen molar-refractivity contribution in [3.63, 3.8) is 0 Å². The summed E-state index contributed by atoms with van der Waals surface area (Å²) in [7, 11) is 0. The van der Waals surface area contributed by atoms with Gasteiger partial charge in [-0.1, -0.05) is 78.0 Å². The number of amides is 1. The molecule has 3 aromatic carbocycles. The fourth-order valence-electron chi connectivity index (χ4n) is 3.85. The third-order valence-electron chi connectivity index (χ3n) is 5.47. The van der Waals surface area contributed by atoms with Crippen LogP contribution < -0.4 is 9.91 Å². The van der Waals surface area contributed by atoms with Crippen molar-refractivity contribution in [3.05, 3.63) is 101 Å². The molecular weight excluding hydrogens is 478 g/mol. The van der Waals surface area contributed by atoms with E-state index in [0.717, 1.165) is 16.8 Å². The number of para-hydroxylation sites is 1. The number of anilines is 2. The molecule has 0 saturated carbocycles. The van der Waals surface area contributed by atoms with E-state index in [1.807, 2.05) is 97.9 Å². The third kappa shape index (κ3) is 4.35. The number of thioether (sulfide) groups is 2. The maximum absolute atomic E-state index is 13.9. The molecule has 2 heterocycles. The minimum atomic E-state index is -1.07. The van der Waals surface area contributed by atoms with Gasteiger partial charge >= 0.3 is 5.97 Å². The standard InChI is InChI=1S/C27H23N3O3S2/c1-3-33-26(32)24-28-30(22-16-14-19(2)15-17-22)27(35-24)29(21-12-8-5-9-13-21)25(31)23(34-27)18-20-10-6-4-7-11-20/h4-18H,3H2,1-2H3/b23-18-/t27-/m1/s1. The summed E-state index contributed by atoms with van der Waals surface area (Å²) in [4.78, 5) is 29.0. The zero-order valence-electron chi connectivity index (χ0n) is 19.3. The molecule has 2 aliphatic rings. The Labute approximate surface area is 212 Å². The second-order valence-electron chi connectivity index (χ2n) is 7.92. The van der Waals surface area contributed by atoms with Gasteiger partial charge in [0.15, 0.2) is 0 Å². The highest BCUT2D eigenvalue weighted by molar-refractivity contribution is 8.29. The highest BCUT2D eigenvalue weighted by atomic mass is 32.2. The number of rotatable bonds is 5. The van der Waals surface area contributed by atoms with Crippen molar-refractivity contribution in [2.75, 3.05) is 16.5 Å². The lowest BCUT2D eigenvalue weighted by Gasteiger charge is -2.38. The first-order valence-corrected chi connectivity index (χ1v) is 12.8. The van der Waals surface area contributed by atoms with Gasteiger partial charge in [0.2, 0.25) is 9.37 Å². The van der Waals surface area contributed by atoms with Gasteiger partial charge in [0, 0.05) is 5.69 Å². The Bertz CT molecular complexity index is 1310. The highest BCUT2D eigenvalue weighted by Gasteiger charge is 2.60. The Kier molecular flexibility index (Phi) is 6.40. The van der Waals surface area contributed by atoms with Crippen LogP contribution in [-0.4, -0.2) is 27.9 Å². The van der Waals surface area contributed by atoms with E-state index in [-0.39, 0.29) is 17.6 Å². The number of nitrogens with zero attached hydrogens (tertiary/aromatic N) is 3. The van der Waals surface area contributed by atoms with E-state index >= 15 is 0 Å². The monoisotopic (exact) mass is 501 g/mol. The van der Waals surface area contributed by atoms with Gasteiger partial charge in [0.05, 0.1) is 17.2 Å². The van der Waals surface area contributed by atoms with Gasteiger partial charge in [-0.25, -0.2) is 9.80 Å². The zero-order chi connectivity index (χ0) is 24.4. The van der Waals surface area contributed by atoms with Crippen molar-refractivity contribution in [1.29, 1.82) is 0 Å². The molecule has 0 radical (unpaired) electrons. The minimum absolute atomic E-state index is 0.157. The molecule has 0 aliphatic carbocycles. The zero-order valence-corrected chi connectivity index (χ0v) is 20.9. The molecule has 176 valence electrons. The fraction of sp³-hybridized carbons (Fsp3) is 0.148. The van der Waals surface area contributed by atoms with Crippen molar-refractivity contribution in [2.24, 2.45) is 5.10 Å². The molecule has 6 nitrogen and oxygen atoms in total. The summed E-state index contributed by atoms with van der Waals surface area (Å²) in [6, 6.07) is 27.1. The third-order valence-corrected chi connectivity index (χ3v) is 8.16. The first-order valence-electron chi connectivity index (χ1n) is 11.2. The number of hydrogen-bond acceptors (Lipinski definition) is 7. The van der Waals surface area contributed by atoms with Crippen LogP contribution in [0.4, 0.5) is 11.4 Å². The molecule has 0 aromatic heterocycles. The van der Waals surface area contributed by atoms with Crippen molar-refractivity contribution in [1.82, 2.24) is 0 Å². The Morgan fingerprint density at radius 1 is 0.943 bits per heavy atom. The van der Waals surface area contributed by atoms with Gasteiger partial charge in [0.1, 0.15) is 0 Å². The molecule has 1 fully saturated rings. The lowest BCUT2D eigenvalue weighted by Crippen LogP contribution is -2.51. The number of hydrazone groups is 1. The summed E-state index contributed by atoms with van der Waals surface area (Å²) >= 11 is 2.60. The van der Waals surface area contributed by atoms with Crippen LogP contribution in [0.3, 0.4) is 0 Å². The molecular formula is C27H23N3O3S2. The number of aryl methyl sites for hydroxylation is 1. The largest absolute Gasteiger partial charge is 0.461 e. The molecule has 35 heavy (non-hydrogen) atoms. The number of esters is 1. The average molecular weight is 502 g/mol. The van der Waals surface area contributed by atoms with Crippen LogP contribution in [0.5, 0.6) is 0 Å². The normalized spacial score (nSPS) is 20.6. The van der Waals surface area contributed by atoms with Crippen LogP contribution in [0.2, 0.25) is 0 Å². The summed E-state index contributed by atoms with van der Waals surface area (Å²) in [5, 5.41) is 6.65. The van der Waals surface area contributed by atoms with E-state index in [1.54, 1.807) is 16.8 Å². The van der Waals surface area contributed by atoms with Crippen molar-refractivity contribution in [3.8, 4) is 0 Å². The Morgan fingerprint density at radius 3 is 2.26 bits per heavy atom. The van der Waals surface area contributed by atoms with E-state index in [4.69, 9.17) is 4.74 Å². The van der Waals surface area contributed by atoms with E-state index in [0.29, 0.717) is 10.6 Å². The van der Waals surface area contributed by atoms with Gasteiger partial charge in [-0.2, -0.15) is 5.10 Å². The predicted molar refractivity (Wildman–Crippen MR) is 144 cm³/mol. The van der Waals surface area contributed by atoms with Crippen LogP contribution in [0.1, 0.15) is 18.1 Å². The summed E-state index contributed by atoms with van der Waals surface area (Å²) in [5.41, 5.74) is 3.50. The van der Waals surface area contributed by atoms with Crippen LogP contribution in [0.15, 0.2) is 94.9 Å². The van der Waals surface area contributed by atoms with E-state index in [1.165, 1.54) is 23.5 Å². The number of ether oxygens (including phenoxy) is 1. The molecule has 2 aliphatic heterocycles. The Hall–Kier alpha value is -3.49. The molecule has 0 unspecified atom stereocenters. The fourth-order valence-corrected chi connectivity index (χ4v) is 6.72. The summed E-state index contributed by atoms with van der Waals surface area (Å²) in [6.45, 7) is 4.01. The maximum Gasteiger partial charge on any atom is 0.365 e. The van der Waals surface area contributed by atoms with E-state index in [2.05, 4.69) is 5.10 Å². The van der Waals surface area contributed by atoms with Crippen molar-refractivity contribution < 1.29 is 14.3 Å². The summed E-state index contributed by atoms with van der Waals surface area (Å²) in [5.74, 6) is -0.664. The highest BCUT2D eigenvalue weighted by Crippen LogP contribution is 2.59. The topological polar surface area (TPSA) is 62.2 Å². The van der Waals surface area contributed by atoms with Crippen LogP contribution in [0, 0.1) is 6.92 Å². The van der Waals surface area contributed by atoms with Gasteiger partial charge < -0.3 is 4.74 Å². The molecule has 1 atom stereocenters. The van der Waals surface area contributed by atoms with Gasteiger partial charge in [-0.05, 0) is 61.5 Å². The Morgan fingerprint density at radius 2 is 1.60 bits per heavy atom. The minimum Gasteiger partial charge on any atom is -0.461 e. The predicted octanol–water partition coefficient (Wildman–Crippen LogP) is 5.86. The first kappa shape index (κ1) is 23.3. The summed E-state index contributed by atoms with van der Waals surface area (Å²) in [6.07, 6.45) is 1.88. The Balaban J connectivity index is 1.67. The molecule has 1 spiro atoms. The molecule has 1 amide bonds. The van der Waals surface area contributed by atoms with Crippen LogP contribution in [-0.2, 0) is 14.3 Å². The van der Waals surface area contributed by atoms with Crippen molar-refractivity contribution >= 4 is 57.9 Å². The van der Waals surface area contributed by atoms with Crippen molar-refractivity contribution in [2.45, 2.75) is 18.2 Å². The molecule has 0 bridgehead atoms. The van der Waals surface area contributed by atoms with E-state index < -0.39 is 10.3 Å². The molecule has 5 rings (SSSR count). The summed E-state index contributed by atoms with van der Waals surface area (Å²) < 4.78 is 4.20. The van der Waals surface area contributed by atoms with Gasteiger partial charge in [0.25, 0.3) is 5.91 Å². The second-order valence-corrected chi connectivity index (χ2v) is 10.6. The number of carbonyl (C=O) groups excluding carboxylic acids is 2. The van der Waals surface area contributed by atoms with Crippen LogP contribution >= 0.6 is 23.5 Å². The smallest absolute Gasteiger partial charge is 0.365 e. The SMILES string of the molecule is CCOC(=O)C1=NN(c2ccc(C)cc2)[C@@]2(S1)S/C(=C\c1ccccc1)C(=O)N2c1ccccc1. The second kappa shape index (κ2) is 9.64. The van der Waals surface area contributed by atoms with Crippen LogP contribution in [0.25, 0.3) is 6.08 Å². The van der Waals surface area contributed by atoms with Gasteiger partial charge in [-0.15, -0.1) is 0 Å². The molecule has 0 N–H and O–H groups in total.